The largest absolute Gasteiger partial charge is 0.360 e. The molecule has 2 aromatic rings. The minimum atomic E-state index is 0.625. The van der Waals surface area contributed by atoms with E-state index in [-0.39, 0.29) is 0 Å². The molecule has 3 N–H and O–H groups in total. The van der Waals surface area contributed by atoms with E-state index < -0.39 is 0 Å². The Hall–Kier alpha value is -1.82. The molecule has 1 aliphatic rings. The standard InChI is InChI=1S/C15H21N5S/c1-2-16-14(19-11-7-8-11)17-9-10-18-15-20-12-5-3-4-6-13(12)21-15/h3-6,11H,2,7-10H2,1H3,(H,18,20)(H2,16,17,19). The van der Waals surface area contributed by atoms with E-state index in [1.807, 2.05) is 18.2 Å². The van der Waals surface area contributed by atoms with Gasteiger partial charge in [-0.1, -0.05) is 23.5 Å². The van der Waals surface area contributed by atoms with Crippen molar-refractivity contribution >= 4 is 32.6 Å². The molecule has 1 fully saturated rings. The molecule has 0 saturated heterocycles. The number of fused-ring (bicyclic) bond motifs is 1. The van der Waals surface area contributed by atoms with Gasteiger partial charge in [-0.25, -0.2) is 4.98 Å². The van der Waals surface area contributed by atoms with Crippen LogP contribution in [0.3, 0.4) is 0 Å². The summed E-state index contributed by atoms with van der Waals surface area (Å²) in [4.78, 5) is 9.12. The number of thiazole rings is 1. The summed E-state index contributed by atoms with van der Waals surface area (Å²) in [6.45, 7) is 4.51. The monoisotopic (exact) mass is 303 g/mol. The zero-order chi connectivity index (χ0) is 14.5. The Bertz CT molecular complexity index is 584. The Balaban J connectivity index is 1.49. The van der Waals surface area contributed by atoms with Crippen molar-refractivity contribution < 1.29 is 0 Å². The second kappa shape index (κ2) is 6.76. The van der Waals surface area contributed by atoms with E-state index >= 15 is 0 Å². The van der Waals surface area contributed by atoms with Crippen molar-refractivity contribution in [2.75, 3.05) is 25.0 Å². The SMILES string of the molecule is CCNC(=NCCNc1nc2ccccc2s1)NC1CC1. The van der Waals surface area contributed by atoms with E-state index in [1.165, 1.54) is 17.5 Å². The topological polar surface area (TPSA) is 61.3 Å². The Kier molecular flexibility index (Phi) is 4.55. The molecule has 0 unspecified atom stereocenters. The van der Waals surface area contributed by atoms with Gasteiger partial charge in [0.15, 0.2) is 11.1 Å². The number of aliphatic imine (C=N–C) groups is 1. The zero-order valence-electron chi connectivity index (χ0n) is 12.2. The normalized spacial score (nSPS) is 15.2. The number of anilines is 1. The van der Waals surface area contributed by atoms with Crippen LogP contribution in [-0.2, 0) is 0 Å². The van der Waals surface area contributed by atoms with Gasteiger partial charge in [0, 0.05) is 19.1 Å². The first-order chi connectivity index (χ1) is 10.3. The van der Waals surface area contributed by atoms with Crippen molar-refractivity contribution in [2.45, 2.75) is 25.8 Å². The summed E-state index contributed by atoms with van der Waals surface area (Å²) in [6, 6.07) is 8.82. The lowest BCUT2D eigenvalue weighted by molar-refractivity contribution is 0.813. The fourth-order valence-corrected chi connectivity index (χ4v) is 2.91. The molecule has 21 heavy (non-hydrogen) atoms. The Labute approximate surface area is 128 Å². The molecule has 112 valence electrons. The Morgan fingerprint density at radius 3 is 3.00 bits per heavy atom. The molecule has 3 rings (SSSR count). The summed E-state index contributed by atoms with van der Waals surface area (Å²) < 4.78 is 1.22. The molecule has 1 aromatic carbocycles. The van der Waals surface area contributed by atoms with Crippen molar-refractivity contribution in [2.24, 2.45) is 4.99 Å². The number of nitrogens with zero attached hydrogens (tertiary/aromatic N) is 2. The third-order valence-electron chi connectivity index (χ3n) is 3.21. The number of nitrogens with one attached hydrogen (secondary N) is 3. The average molecular weight is 303 g/mol. The van der Waals surface area contributed by atoms with Gasteiger partial charge in [-0.3, -0.25) is 4.99 Å². The van der Waals surface area contributed by atoms with Crippen LogP contribution < -0.4 is 16.0 Å². The lowest BCUT2D eigenvalue weighted by Gasteiger charge is -2.10. The molecule has 6 heteroatoms. The van der Waals surface area contributed by atoms with Crippen LogP contribution in [0.15, 0.2) is 29.3 Å². The first-order valence-corrected chi connectivity index (χ1v) is 8.31. The van der Waals surface area contributed by atoms with E-state index in [0.717, 1.165) is 36.2 Å². The predicted octanol–water partition coefficient (Wildman–Crippen LogP) is 2.43. The van der Waals surface area contributed by atoms with Crippen molar-refractivity contribution in [1.82, 2.24) is 15.6 Å². The molecule has 0 aliphatic heterocycles. The summed E-state index contributed by atoms with van der Waals surface area (Å²) in [6.07, 6.45) is 2.52. The van der Waals surface area contributed by atoms with Gasteiger partial charge in [-0.15, -0.1) is 0 Å². The Morgan fingerprint density at radius 1 is 1.38 bits per heavy atom. The van der Waals surface area contributed by atoms with Gasteiger partial charge >= 0.3 is 0 Å². The fourth-order valence-electron chi connectivity index (χ4n) is 2.02. The Morgan fingerprint density at radius 2 is 2.24 bits per heavy atom. The van der Waals surface area contributed by atoms with Crippen LogP contribution in [0.1, 0.15) is 19.8 Å². The quantitative estimate of drug-likeness (QED) is 0.436. The summed E-state index contributed by atoms with van der Waals surface area (Å²) >= 11 is 1.69. The molecule has 0 amide bonds. The predicted molar refractivity (Wildman–Crippen MR) is 90.2 cm³/mol. The second-order valence-corrected chi connectivity index (χ2v) is 6.12. The highest BCUT2D eigenvalue weighted by molar-refractivity contribution is 7.22. The maximum Gasteiger partial charge on any atom is 0.191 e. The molecule has 5 nitrogen and oxygen atoms in total. The number of guanidine groups is 1. The van der Waals surface area contributed by atoms with Gasteiger partial charge < -0.3 is 16.0 Å². The maximum absolute atomic E-state index is 4.57. The number of benzene rings is 1. The van der Waals surface area contributed by atoms with Gasteiger partial charge in [0.05, 0.1) is 16.8 Å². The number of para-hydroxylation sites is 1. The first kappa shape index (κ1) is 14.1. The highest BCUT2D eigenvalue weighted by atomic mass is 32.1. The van der Waals surface area contributed by atoms with Crippen LogP contribution in [-0.4, -0.2) is 36.6 Å². The maximum atomic E-state index is 4.57. The number of hydrogen-bond donors (Lipinski definition) is 3. The van der Waals surface area contributed by atoms with E-state index in [0.29, 0.717) is 6.04 Å². The van der Waals surface area contributed by atoms with E-state index in [4.69, 9.17) is 0 Å². The highest BCUT2D eigenvalue weighted by Crippen LogP contribution is 2.24. The zero-order valence-corrected chi connectivity index (χ0v) is 13.0. The smallest absolute Gasteiger partial charge is 0.191 e. The molecular weight excluding hydrogens is 282 g/mol. The minimum absolute atomic E-state index is 0.625. The lowest BCUT2D eigenvalue weighted by atomic mass is 10.3. The molecule has 0 bridgehead atoms. The van der Waals surface area contributed by atoms with Gasteiger partial charge in [0.2, 0.25) is 0 Å². The summed E-state index contributed by atoms with van der Waals surface area (Å²) in [5.41, 5.74) is 1.05. The average Bonchev–Trinajstić information content (AvgIpc) is 3.20. The molecule has 0 spiro atoms. The van der Waals surface area contributed by atoms with Gasteiger partial charge in [-0.2, -0.15) is 0 Å². The highest BCUT2D eigenvalue weighted by Gasteiger charge is 2.21. The molecular formula is C15H21N5S. The van der Waals surface area contributed by atoms with Crippen LogP contribution in [0.25, 0.3) is 10.2 Å². The van der Waals surface area contributed by atoms with Gasteiger partial charge in [0.1, 0.15) is 0 Å². The van der Waals surface area contributed by atoms with E-state index in [2.05, 4.69) is 38.9 Å². The summed E-state index contributed by atoms with van der Waals surface area (Å²) in [5.74, 6) is 0.922. The molecule has 1 aliphatic carbocycles. The van der Waals surface area contributed by atoms with Crippen LogP contribution in [0.2, 0.25) is 0 Å². The van der Waals surface area contributed by atoms with Crippen molar-refractivity contribution in [3.63, 3.8) is 0 Å². The summed E-state index contributed by atoms with van der Waals surface area (Å²) in [5, 5.41) is 11.0. The van der Waals surface area contributed by atoms with Gasteiger partial charge in [-0.05, 0) is 31.9 Å². The molecule has 1 aromatic heterocycles. The van der Waals surface area contributed by atoms with Gasteiger partial charge in [0.25, 0.3) is 0 Å². The van der Waals surface area contributed by atoms with Crippen molar-refractivity contribution in [3.8, 4) is 0 Å². The third-order valence-corrected chi connectivity index (χ3v) is 4.21. The van der Waals surface area contributed by atoms with E-state index in [9.17, 15) is 0 Å². The summed E-state index contributed by atoms with van der Waals surface area (Å²) in [7, 11) is 0. The van der Waals surface area contributed by atoms with Crippen LogP contribution in [0.4, 0.5) is 5.13 Å². The minimum Gasteiger partial charge on any atom is -0.360 e. The number of rotatable bonds is 6. The number of hydrogen-bond acceptors (Lipinski definition) is 4. The first-order valence-electron chi connectivity index (χ1n) is 7.49. The van der Waals surface area contributed by atoms with Crippen LogP contribution in [0, 0.1) is 0 Å². The third kappa shape index (κ3) is 4.07. The number of aromatic nitrogens is 1. The molecule has 0 atom stereocenters. The van der Waals surface area contributed by atoms with Crippen molar-refractivity contribution in [3.05, 3.63) is 24.3 Å². The fraction of sp³-hybridized carbons (Fsp3) is 0.467. The lowest BCUT2D eigenvalue weighted by Crippen LogP contribution is -2.38. The molecule has 1 heterocycles. The van der Waals surface area contributed by atoms with E-state index in [1.54, 1.807) is 11.3 Å². The van der Waals surface area contributed by atoms with Crippen LogP contribution >= 0.6 is 11.3 Å². The van der Waals surface area contributed by atoms with Crippen molar-refractivity contribution in [1.29, 1.82) is 0 Å². The second-order valence-electron chi connectivity index (χ2n) is 5.09. The molecule has 0 radical (unpaired) electrons. The van der Waals surface area contributed by atoms with Crippen LogP contribution in [0.5, 0.6) is 0 Å². The molecule has 1 saturated carbocycles.